The number of hydrogen-bond donors (Lipinski definition) is 1. The Morgan fingerprint density at radius 1 is 1.40 bits per heavy atom. The van der Waals surface area contributed by atoms with Gasteiger partial charge in [-0.25, -0.2) is 0 Å². The molecule has 0 aromatic heterocycles. The Morgan fingerprint density at radius 2 is 2.10 bits per heavy atom. The smallest absolute Gasteiger partial charge is 0.222 e. The van der Waals surface area contributed by atoms with E-state index >= 15 is 0 Å². The van der Waals surface area contributed by atoms with Gasteiger partial charge in [0.05, 0.1) is 6.61 Å². The predicted octanol–water partition coefficient (Wildman–Crippen LogP) is 2.29. The zero-order valence-electron chi connectivity index (χ0n) is 13.9. The summed E-state index contributed by atoms with van der Waals surface area (Å²) in [5.41, 5.74) is 0.296. The van der Waals surface area contributed by atoms with Gasteiger partial charge in [-0.05, 0) is 30.7 Å². The van der Waals surface area contributed by atoms with Crippen molar-refractivity contribution in [3.63, 3.8) is 0 Å². The van der Waals surface area contributed by atoms with Crippen molar-refractivity contribution in [1.82, 2.24) is 10.2 Å². The number of carbonyl (C=O) groups is 1. The van der Waals surface area contributed by atoms with Gasteiger partial charge in [-0.3, -0.25) is 4.79 Å². The molecule has 0 saturated carbocycles. The van der Waals surface area contributed by atoms with Crippen molar-refractivity contribution in [1.29, 1.82) is 0 Å². The summed E-state index contributed by atoms with van der Waals surface area (Å²) in [6, 6.07) is 0.236. The Morgan fingerprint density at radius 3 is 2.65 bits per heavy atom. The molecule has 1 aliphatic heterocycles. The van der Waals surface area contributed by atoms with Crippen LogP contribution in [0.4, 0.5) is 0 Å². The maximum absolute atomic E-state index is 12.3. The summed E-state index contributed by atoms with van der Waals surface area (Å²) in [5.74, 6) is 0.937. The van der Waals surface area contributed by atoms with E-state index < -0.39 is 0 Å². The van der Waals surface area contributed by atoms with Crippen molar-refractivity contribution in [3.05, 3.63) is 0 Å². The number of methoxy groups -OCH3 is 1. The summed E-state index contributed by atoms with van der Waals surface area (Å²) >= 11 is 0. The summed E-state index contributed by atoms with van der Waals surface area (Å²) in [7, 11) is 1.71. The Labute approximate surface area is 124 Å². The molecular formula is C16H32N2O2. The summed E-state index contributed by atoms with van der Waals surface area (Å²) in [6.07, 6.45) is 2.82. The molecule has 20 heavy (non-hydrogen) atoms. The molecule has 0 aromatic carbocycles. The van der Waals surface area contributed by atoms with E-state index in [9.17, 15) is 4.79 Å². The van der Waals surface area contributed by atoms with Crippen LogP contribution in [0.2, 0.25) is 0 Å². The number of likely N-dealkylation sites (N-methyl/N-ethyl adjacent to an activating group) is 1. The highest BCUT2D eigenvalue weighted by molar-refractivity contribution is 5.76. The predicted molar refractivity (Wildman–Crippen MR) is 82.7 cm³/mol. The number of carbonyl (C=O) groups excluding carboxylic acids is 1. The molecule has 0 spiro atoms. The van der Waals surface area contributed by atoms with Gasteiger partial charge < -0.3 is 15.0 Å². The van der Waals surface area contributed by atoms with E-state index in [-0.39, 0.29) is 6.04 Å². The zero-order valence-corrected chi connectivity index (χ0v) is 13.9. The first-order chi connectivity index (χ1) is 9.38. The minimum Gasteiger partial charge on any atom is -0.383 e. The van der Waals surface area contributed by atoms with Crippen molar-refractivity contribution in [2.24, 2.45) is 11.3 Å². The van der Waals surface area contributed by atoms with Crippen LogP contribution in [0.1, 0.15) is 47.0 Å². The van der Waals surface area contributed by atoms with Gasteiger partial charge in [0.15, 0.2) is 0 Å². The number of rotatable bonds is 6. The highest BCUT2D eigenvalue weighted by Crippen LogP contribution is 2.34. The van der Waals surface area contributed by atoms with Crippen LogP contribution in [0.5, 0.6) is 0 Å². The van der Waals surface area contributed by atoms with Crippen LogP contribution in [-0.2, 0) is 9.53 Å². The Hall–Kier alpha value is -0.610. The summed E-state index contributed by atoms with van der Waals surface area (Å²) in [5, 5.41) is 3.39. The van der Waals surface area contributed by atoms with Crippen LogP contribution in [0, 0.1) is 11.3 Å². The lowest BCUT2D eigenvalue weighted by atomic mass is 9.77. The molecule has 1 N–H and O–H groups in total. The normalized spacial score (nSPS) is 22.8. The Bertz CT molecular complexity index is 293. The molecular weight excluding hydrogens is 252 g/mol. The quantitative estimate of drug-likeness (QED) is 0.813. The van der Waals surface area contributed by atoms with Crippen molar-refractivity contribution in [2.45, 2.75) is 53.0 Å². The monoisotopic (exact) mass is 284 g/mol. The van der Waals surface area contributed by atoms with E-state index in [1.54, 1.807) is 7.11 Å². The zero-order chi connectivity index (χ0) is 15.2. The number of likely N-dealkylation sites (tertiary alicyclic amines) is 1. The van der Waals surface area contributed by atoms with Crippen molar-refractivity contribution < 1.29 is 9.53 Å². The van der Waals surface area contributed by atoms with E-state index in [1.807, 2.05) is 4.90 Å². The van der Waals surface area contributed by atoms with Crippen LogP contribution in [-0.4, -0.2) is 50.2 Å². The number of hydrogen-bond acceptors (Lipinski definition) is 3. The third-order valence-corrected chi connectivity index (χ3v) is 4.33. The van der Waals surface area contributed by atoms with Crippen LogP contribution in [0.15, 0.2) is 0 Å². The molecule has 2 atom stereocenters. The van der Waals surface area contributed by atoms with Crippen LogP contribution in [0.25, 0.3) is 0 Å². The van der Waals surface area contributed by atoms with Crippen LogP contribution < -0.4 is 5.32 Å². The summed E-state index contributed by atoms with van der Waals surface area (Å²) in [6.45, 7) is 12.1. The van der Waals surface area contributed by atoms with Gasteiger partial charge >= 0.3 is 0 Å². The lowest BCUT2D eigenvalue weighted by molar-refractivity contribution is -0.131. The maximum atomic E-state index is 12.3. The van der Waals surface area contributed by atoms with Gasteiger partial charge in [0, 0.05) is 32.7 Å². The van der Waals surface area contributed by atoms with Gasteiger partial charge in [0.1, 0.15) is 0 Å². The molecule has 1 rings (SSSR count). The molecule has 4 nitrogen and oxygen atoms in total. The van der Waals surface area contributed by atoms with Crippen molar-refractivity contribution in [3.8, 4) is 0 Å². The first-order valence-electron chi connectivity index (χ1n) is 7.88. The van der Waals surface area contributed by atoms with E-state index in [2.05, 4.69) is 33.0 Å². The molecule has 1 saturated heterocycles. The maximum Gasteiger partial charge on any atom is 0.222 e. The first kappa shape index (κ1) is 17.4. The summed E-state index contributed by atoms with van der Waals surface area (Å²) < 4.78 is 5.24. The molecule has 0 radical (unpaired) electrons. The second-order valence-electron chi connectivity index (χ2n) is 6.94. The lowest BCUT2D eigenvalue weighted by Gasteiger charge is -2.30. The van der Waals surface area contributed by atoms with Gasteiger partial charge in [-0.15, -0.1) is 0 Å². The largest absolute Gasteiger partial charge is 0.383 e. The SMILES string of the molecule is CCNC(COC)CN1CCC(C(C)(C)C)CCC1=O. The molecule has 118 valence electrons. The number of nitrogens with zero attached hydrogens (tertiary/aromatic N) is 1. The fourth-order valence-electron chi connectivity index (χ4n) is 3.03. The highest BCUT2D eigenvalue weighted by atomic mass is 16.5. The fourth-order valence-corrected chi connectivity index (χ4v) is 3.03. The van der Waals surface area contributed by atoms with Gasteiger partial charge in [-0.2, -0.15) is 0 Å². The number of nitrogens with one attached hydrogen (secondary N) is 1. The van der Waals surface area contributed by atoms with Crippen LogP contribution in [0.3, 0.4) is 0 Å². The van der Waals surface area contributed by atoms with Crippen LogP contribution >= 0.6 is 0 Å². The molecule has 1 fully saturated rings. The van der Waals surface area contributed by atoms with Gasteiger partial charge in [-0.1, -0.05) is 27.7 Å². The average Bonchev–Trinajstić information content (AvgIpc) is 2.52. The second-order valence-corrected chi connectivity index (χ2v) is 6.94. The molecule has 1 aliphatic rings. The summed E-state index contributed by atoms with van der Waals surface area (Å²) in [4.78, 5) is 14.3. The second kappa shape index (κ2) is 7.99. The lowest BCUT2D eigenvalue weighted by Crippen LogP contribution is -2.45. The molecule has 0 bridgehead atoms. The number of ether oxygens (including phenoxy) is 1. The average molecular weight is 284 g/mol. The topological polar surface area (TPSA) is 41.6 Å². The molecule has 4 heteroatoms. The minimum atomic E-state index is 0.236. The van der Waals surface area contributed by atoms with Gasteiger partial charge in [0.25, 0.3) is 0 Å². The molecule has 0 aliphatic carbocycles. The highest BCUT2D eigenvalue weighted by Gasteiger charge is 2.30. The van der Waals surface area contributed by atoms with E-state index in [0.29, 0.717) is 30.3 Å². The third-order valence-electron chi connectivity index (χ3n) is 4.33. The first-order valence-corrected chi connectivity index (χ1v) is 7.88. The fraction of sp³-hybridized carbons (Fsp3) is 0.938. The minimum absolute atomic E-state index is 0.236. The molecule has 1 heterocycles. The molecule has 0 aromatic rings. The Balaban J connectivity index is 2.59. The standard InChI is InChI=1S/C16H32N2O2/c1-6-17-14(12-20-5)11-18-10-9-13(16(2,3)4)7-8-15(18)19/h13-14,17H,6-12H2,1-5H3. The number of amides is 1. The van der Waals surface area contributed by atoms with Gasteiger partial charge in [0.2, 0.25) is 5.91 Å². The third kappa shape index (κ3) is 5.41. The van der Waals surface area contributed by atoms with E-state index in [1.165, 1.54) is 0 Å². The molecule has 1 amide bonds. The van der Waals surface area contributed by atoms with E-state index in [0.717, 1.165) is 32.5 Å². The molecule has 2 unspecified atom stereocenters. The van der Waals surface area contributed by atoms with Crippen molar-refractivity contribution in [2.75, 3.05) is 33.4 Å². The Kier molecular flexibility index (Phi) is 6.96. The van der Waals surface area contributed by atoms with E-state index in [4.69, 9.17) is 4.74 Å². The van der Waals surface area contributed by atoms with Crippen molar-refractivity contribution >= 4 is 5.91 Å².